The van der Waals surface area contributed by atoms with Crippen LogP contribution in [0.2, 0.25) is 0 Å². The summed E-state index contributed by atoms with van der Waals surface area (Å²) in [4.78, 5) is 13.4. The number of carboxylic acid groups (broad SMARTS) is 1. The summed E-state index contributed by atoms with van der Waals surface area (Å²) in [6, 6.07) is 0.435. The lowest BCUT2D eigenvalue weighted by Crippen LogP contribution is -2.38. The van der Waals surface area contributed by atoms with E-state index >= 15 is 0 Å². The van der Waals surface area contributed by atoms with Crippen LogP contribution in [-0.4, -0.2) is 33.7 Å². The second kappa shape index (κ2) is 4.87. The van der Waals surface area contributed by atoms with E-state index in [4.69, 9.17) is 9.63 Å². The Morgan fingerprint density at radius 1 is 1.59 bits per heavy atom. The lowest BCUT2D eigenvalue weighted by Gasteiger charge is -2.37. The fourth-order valence-electron chi connectivity index (χ4n) is 2.50. The smallest absolute Gasteiger partial charge is 0.341 e. The summed E-state index contributed by atoms with van der Waals surface area (Å²) in [6.45, 7) is 5.23. The SMILES string of the molecule is CC(C)N1CCCCC1c1oncc1C(=O)O. The number of rotatable bonds is 3. The molecule has 1 aliphatic heterocycles. The van der Waals surface area contributed by atoms with Gasteiger partial charge in [0.2, 0.25) is 0 Å². The van der Waals surface area contributed by atoms with Crippen molar-refractivity contribution in [2.75, 3.05) is 6.54 Å². The molecule has 94 valence electrons. The number of piperidine rings is 1. The zero-order valence-corrected chi connectivity index (χ0v) is 10.2. The zero-order chi connectivity index (χ0) is 12.4. The molecule has 1 aromatic rings. The first kappa shape index (κ1) is 12.1. The first-order chi connectivity index (χ1) is 8.11. The van der Waals surface area contributed by atoms with E-state index in [-0.39, 0.29) is 11.6 Å². The highest BCUT2D eigenvalue weighted by molar-refractivity contribution is 5.88. The molecule has 17 heavy (non-hydrogen) atoms. The van der Waals surface area contributed by atoms with Crippen molar-refractivity contribution in [3.63, 3.8) is 0 Å². The van der Waals surface area contributed by atoms with E-state index < -0.39 is 5.97 Å². The predicted octanol–water partition coefficient (Wildman–Crippen LogP) is 2.31. The van der Waals surface area contributed by atoms with Gasteiger partial charge >= 0.3 is 5.97 Å². The van der Waals surface area contributed by atoms with E-state index in [1.165, 1.54) is 6.20 Å². The maximum absolute atomic E-state index is 11.1. The molecule has 0 amide bonds. The van der Waals surface area contributed by atoms with Crippen molar-refractivity contribution in [1.82, 2.24) is 10.1 Å². The molecule has 0 spiro atoms. The lowest BCUT2D eigenvalue weighted by atomic mass is 9.96. The van der Waals surface area contributed by atoms with Gasteiger partial charge in [0, 0.05) is 6.04 Å². The molecule has 2 rings (SSSR count). The van der Waals surface area contributed by atoms with Gasteiger partial charge < -0.3 is 9.63 Å². The van der Waals surface area contributed by atoms with Crippen LogP contribution in [-0.2, 0) is 0 Å². The number of carboxylic acids is 1. The number of nitrogens with zero attached hydrogens (tertiary/aromatic N) is 2. The molecule has 1 N–H and O–H groups in total. The molecule has 0 aliphatic carbocycles. The van der Waals surface area contributed by atoms with Gasteiger partial charge in [0.25, 0.3) is 0 Å². The summed E-state index contributed by atoms with van der Waals surface area (Å²) in [6.07, 6.45) is 4.50. The Hall–Kier alpha value is -1.36. The van der Waals surface area contributed by atoms with E-state index in [0.717, 1.165) is 25.8 Å². The molecule has 2 heterocycles. The van der Waals surface area contributed by atoms with Crippen molar-refractivity contribution in [2.24, 2.45) is 0 Å². The molecule has 0 aromatic carbocycles. The van der Waals surface area contributed by atoms with Crippen LogP contribution < -0.4 is 0 Å². The van der Waals surface area contributed by atoms with Crippen LogP contribution in [0.4, 0.5) is 0 Å². The average Bonchev–Trinajstić information content (AvgIpc) is 2.77. The molecule has 0 radical (unpaired) electrons. The molecular formula is C12H18N2O3. The third-order valence-electron chi connectivity index (χ3n) is 3.34. The van der Waals surface area contributed by atoms with Crippen molar-refractivity contribution in [1.29, 1.82) is 0 Å². The van der Waals surface area contributed by atoms with Crippen LogP contribution in [0.1, 0.15) is 55.3 Å². The number of aromatic nitrogens is 1. The molecule has 1 saturated heterocycles. The Bertz CT molecular complexity index is 400. The van der Waals surface area contributed by atoms with E-state index in [2.05, 4.69) is 23.9 Å². The lowest BCUT2D eigenvalue weighted by molar-refractivity contribution is 0.0668. The van der Waals surface area contributed by atoms with Gasteiger partial charge in [-0.05, 0) is 33.2 Å². The maximum atomic E-state index is 11.1. The Kier molecular flexibility index (Phi) is 3.47. The third-order valence-corrected chi connectivity index (χ3v) is 3.34. The van der Waals surface area contributed by atoms with Gasteiger partial charge in [-0.15, -0.1) is 0 Å². The van der Waals surface area contributed by atoms with Gasteiger partial charge in [0.05, 0.1) is 12.2 Å². The van der Waals surface area contributed by atoms with E-state index in [1.54, 1.807) is 0 Å². The quantitative estimate of drug-likeness (QED) is 0.875. The minimum atomic E-state index is -0.962. The second-order valence-corrected chi connectivity index (χ2v) is 4.75. The normalized spacial score (nSPS) is 21.9. The first-order valence-electron chi connectivity index (χ1n) is 6.05. The van der Waals surface area contributed by atoms with Crippen LogP contribution in [0.3, 0.4) is 0 Å². The van der Waals surface area contributed by atoms with Crippen molar-refractivity contribution in [3.8, 4) is 0 Å². The highest BCUT2D eigenvalue weighted by atomic mass is 16.5. The maximum Gasteiger partial charge on any atom is 0.341 e. The number of hydrogen-bond acceptors (Lipinski definition) is 4. The summed E-state index contributed by atoms with van der Waals surface area (Å²) in [7, 11) is 0. The molecular weight excluding hydrogens is 220 g/mol. The summed E-state index contributed by atoms with van der Waals surface area (Å²) in [5.41, 5.74) is 0.197. The minimum Gasteiger partial charge on any atom is -0.478 e. The van der Waals surface area contributed by atoms with Crippen LogP contribution >= 0.6 is 0 Å². The summed E-state index contributed by atoms with van der Waals surface area (Å²) in [5, 5.41) is 12.7. The summed E-state index contributed by atoms with van der Waals surface area (Å²) >= 11 is 0. The summed E-state index contributed by atoms with van der Waals surface area (Å²) < 4.78 is 5.17. The first-order valence-corrected chi connectivity index (χ1v) is 6.05. The fraction of sp³-hybridized carbons (Fsp3) is 0.667. The van der Waals surface area contributed by atoms with Gasteiger partial charge in [-0.3, -0.25) is 4.90 Å². The molecule has 0 saturated carbocycles. The molecule has 1 aromatic heterocycles. The Morgan fingerprint density at radius 3 is 3.00 bits per heavy atom. The molecule has 1 atom stereocenters. The topological polar surface area (TPSA) is 66.6 Å². The average molecular weight is 238 g/mol. The summed E-state index contributed by atoms with van der Waals surface area (Å²) in [5.74, 6) is -0.457. The largest absolute Gasteiger partial charge is 0.478 e. The fourth-order valence-corrected chi connectivity index (χ4v) is 2.50. The van der Waals surface area contributed by atoms with Gasteiger partial charge in [-0.25, -0.2) is 4.79 Å². The van der Waals surface area contributed by atoms with E-state index in [9.17, 15) is 4.79 Å². The van der Waals surface area contributed by atoms with Crippen molar-refractivity contribution < 1.29 is 14.4 Å². The zero-order valence-electron chi connectivity index (χ0n) is 10.2. The van der Waals surface area contributed by atoms with E-state index in [0.29, 0.717) is 11.8 Å². The Morgan fingerprint density at radius 2 is 2.35 bits per heavy atom. The van der Waals surface area contributed by atoms with E-state index in [1.807, 2.05) is 0 Å². The van der Waals surface area contributed by atoms with Gasteiger partial charge in [-0.1, -0.05) is 11.6 Å². The molecule has 5 heteroatoms. The molecule has 0 bridgehead atoms. The van der Waals surface area contributed by atoms with Crippen molar-refractivity contribution >= 4 is 5.97 Å². The highest BCUT2D eigenvalue weighted by Crippen LogP contribution is 2.34. The molecule has 1 aliphatic rings. The van der Waals surface area contributed by atoms with Crippen LogP contribution in [0, 0.1) is 0 Å². The van der Waals surface area contributed by atoms with Gasteiger partial charge in [0.1, 0.15) is 5.56 Å². The molecule has 1 unspecified atom stereocenters. The Labute approximate surface area is 100 Å². The van der Waals surface area contributed by atoms with Gasteiger partial charge in [-0.2, -0.15) is 0 Å². The predicted molar refractivity (Wildman–Crippen MR) is 61.9 cm³/mol. The number of likely N-dealkylation sites (tertiary alicyclic amines) is 1. The number of carbonyl (C=O) groups is 1. The highest BCUT2D eigenvalue weighted by Gasteiger charge is 2.32. The third kappa shape index (κ3) is 2.34. The number of hydrogen-bond donors (Lipinski definition) is 1. The monoisotopic (exact) mass is 238 g/mol. The standard InChI is InChI=1S/C12H18N2O3/c1-8(2)14-6-4-3-5-10(14)11-9(12(15)16)7-13-17-11/h7-8,10H,3-6H2,1-2H3,(H,15,16). The van der Waals surface area contributed by atoms with Crippen LogP contribution in [0.5, 0.6) is 0 Å². The van der Waals surface area contributed by atoms with Crippen molar-refractivity contribution in [3.05, 3.63) is 17.5 Å². The Balaban J connectivity index is 2.29. The molecule has 5 nitrogen and oxygen atoms in total. The van der Waals surface area contributed by atoms with Crippen LogP contribution in [0.25, 0.3) is 0 Å². The number of aromatic carboxylic acids is 1. The second-order valence-electron chi connectivity index (χ2n) is 4.75. The van der Waals surface area contributed by atoms with Gasteiger partial charge in [0.15, 0.2) is 5.76 Å². The van der Waals surface area contributed by atoms with Crippen LogP contribution in [0.15, 0.2) is 10.7 Å². The molecule has 1 fully saturated rings. The van der Waals surface area contributed by atoms with Crippen molar-refractivity contribution in [2.45, 2.75) is 45.2 Å². The minimum absolute atomic E-state index is 0.0531.